The molecule has 19 heavy (non-hydrogen) atoms. The number of hydrogen-bond donors (Lipinski definition) is 1. The Labute approximate surface area is 116 Å². The third-order valence-electron chi connectivity index (χ3n) is 2.36. The van der Waals surface area contributed by atoms with Crippen LogP contribution < -0.4 is 10.6 Å². The monoisotopic (exact) mass is 276 g/mol. The highest BCUT2D eigenvalue weighted by Gasteiger charge is 2.14. The zero-order chi connectivity index (χ0) is 13.8. The maximum atomic E-state index is 5.71. The van der Waals surface area contributed by atoms with E-state index in [4.69, 9.17) is 5.73 Å². The molecule has 2 heterocycles. The summed E-state index contributed by atoms with van der Waals surface area (Å²) in [7, 11) is 3.74. The van der Waals surface area contributed by atoms with E-state index in [1.54, 1.807) is 22.9 Å². The highest BCUT2D eigenvalue weighted by Crippen LogP contribution is 2.31. The van der Waals surface area contributed by atoms with Gasteiger partial charge in [0.1, 0.15) is 5.82 Å². The number of nitrogens with two attached hydrogens (primary N) is 1. The maximum absolute atomic E-state index is 5.71. The smallest absolute Gasteiger partial charge is 0.229 e. The van der Waals surface area contributed by atoms with Gasteiger partial charge >= 0.3 is 0 Å². The standard InChI is InChI=1S/C12H16N6S/c1-8(19-9-6-4-5-7-14-9)10-15-11(13)17-12(16-10)18(2)3/h4-8H,1-3H3,(H2,13,15,16,17). The molecule has 0 amide bonds. The summed E-state index contributed by atoms with van der Waals surface area (Å²) in [6.07, 6.45) is 1.77. The summed E-state index contributed by atoms with van der Waals surface area (Å²) in [6.45, 7) is 2.02. The number of anilines is 2. The summed E-state index contributed by atoms with van der Waals surface area (Å²) < 4.78 is 0. The van der Waals surface area contributed by atoms with E-state index >= 15 is 0 Å². The molecular weight excluding hydrogens is 260 g/mol. The number of hydrogen-bond acceptors (Lipinski definition) is 7. The Balaban J connectivity index is 2.21. The number of nitrogen functional groups attached to an aromatic ring is 1. The van der Waals surface area contributed by atoms with Crippen LogP contribution in [0, 0.1) is 0 Å². The fourth-order valence-corrected chi connectivity index (χ4v) is 2.28. The molecular formula is C12H16N6S. The Morgan fingerprint density at radius 1 is 1.21 bits per heavy atom. The average Bonchev–Trinajstić information content (AvgIpc) is 2.39. The lowest BCUT2D eigenvalue weighted by atomic mass is 10.4. The number of pyridine rings is 1. The van der Waals surface area contributed by atoms with E-state index < -0.39 is 0 Å². The van der Waals surface area contributed by atoms with Crippen molar-refractivity contribution in [1.29, 1.82) is 0 Å². The minimum Gasteiger partial charge on any atom is -0.368 e. The molecule has 100 valence electrons. The van der Waals surface area contributed by atoms with Crippen LogP contribution >= 0.6 is 11.8 Å². The SMILES string of the molecule is CC(Sc1ccccn1)c1nc(N)nc(N(C)C)n1. The fraction of sp³-hybridized carbons (Fsp3) is 0.333. The second-order valence-corrected chi connectivity index (χ2v) is 5.54. The Morgan fingerprint density at radius 2 is 2.00 bits per heavy atom. The molecule has 0 aliphatic heterocycles. The van der Waals surface area contributed by atoms with Crippen LogP contribution in [-0.2, 0) is 0 Å². The number of nitrogens with zero attached hydrogens (tertiary/aromatic N) is 5. The summed E-state index contributed by atoms with van der Waals surface area (Å²) in [4.78, 5) is 18.8. The molecule has 1 unspecified atom stereocenters. The van der Waals surface area contributed by atoms with Crippen LogP contribution in [0.3, 0.4) is 0 Å². The minimum atomic E-state index is 0.0545. The Bertz CT molecular complexity index is 545. The topological polar surface area (TPSA) is 80.8 Å². The molecule has 0 spiro atoms. The van der Waals surface area contributed by atoms with Crippen molar-refractivity contribution < 1.29 is 0 Å². The first kappa shape index (κ1) is 13.5. The molecule has 0 aromatic carbocycles. The second-order valence-electron chi connectivity index (χ2n) is 4.17. The quantitative estimate of drug-likeness (QED) is 0.852. The van der Waals surface area contributed by atoms with E-state index in [0.29, 0.717) is 11.8 Å². The van der Waals surface area contributed by atoms with Gasteiger partial charge in [-0.3, -0.25) is 0 Å². The van der Waals surface area contributed by atoms with Crippen LogP contribution in [0.1, 0.15) is 18.0 Å². The molecule has 0 aliphatic carbocycles. The molecule has 2 aromatic heterocycles. The zero-order valence-corrected chi connectivity index (χ0v) is 11.9. The van der Waals surface area contributed by atoms with E-state index in [0.717, 1.165) is 5.03 Å². The largest absolute Gasteiger partial charge is 0.368 e. The molecule has 2 rings (SSSR count). The van der Waals surface area contributed by atoms with Gasteiger partial charge in [-0.2, -0.15) is 15.0 Å². The van der Waals surface area contributed by atoms with Gasteiger partial charge in [0.25, 0.3) is 0 Å². The normalized spacial score (nSPS) is 12.2. The van der Waals surface area contributed by atoms with Crippen molar-refractivity contribution in [3.05, 3.63) is 30.2 Å². The van der Waals surface area contributed by atoms with Crippen LogP contribution in [0.5, 0.6) is 0 Å². The number of aromatic nitrogens is 4. The number of rotatable bonds is 4. The predicted molar refractivity (Wildman–Crippen MR) is 77.1 cm³/mol. The first-order chi connectivity index (χ1) is 9.06. The van der Waals surface area contributed by atoms with Crippen molar-refractivity contribution in [2.45, 2.75) is 17.2 Å². The highest BCUT2D eigenvalue weighted by molar-refractivity contribution is 7.99. The summed E-state index contributed by atoms with van der Waals surface area (Å²) in [5.74, 6) is 1.46. The number of thioether (sulfide) groups is 1. The van der Waals surface area contributed by atoms with Gasteiger partial charge in [-0.05, 0) is 19.1 Å². The van der Waals surface area contributed by atoms with Crippen LogP contribution in [-0.4, -0.2) is 34.0 Å². The van der Waals surface area contributed by atoms with Crippen molar-refractivity contribution in [2.24, 2.45) is 0 Å². The summed E-state index contributed by atoms with van der Waals surface area (Å²) in [5, 5.41) is 0.985. The van der Waals surface area contributed by atoms with Crippen molar-refractivity contribution in [2.75, 3.05) is 24.7 Å². The van der Waals surface area contributed by atoms with E-state index in [-0.39, 0.29) is 11.2 Å². The Hall–Kier alpha value is -1.89. The zero-order valence-electron chi connectivity index (χ0n) is 11.1. The molecule has 0 bridgehead atoms. The van der Waals surface area contributed by atoms with Gasteiger partial charge in [0.2, 0.25) is 11.9 Å². The lowest BCUT2D eigenvalue weighted by Gasteiger charge is -2.14. The molecule has 0 radical (unpaired) electrons. The second kappa shape index (κ2) is 5.83. The lowest BCUT2D eigenvalue weighted by molar-refractivity contribution is 0.863. The summed E-state index contributed by atoms with van der Waals surface area (Å²) in [5.41, 5.74) is 5.71. The maximum Gasteiger partial charge on any atom is 0.229 e. The predicted octanol–water partition coefficient (Wildman–Crippen LogP) is 1.77. The molecule has 0 aliphatic rings. The first-order valence-electron chi connectivity index (χ1n) is 5.82. The van der Waals surface area contributed by atoms with Gasteiger partial charge in [-0.25, -0.2) is 4.98 Å². The Kier molecular flexibility index (Phi) is 4.16. The highest BCUT2D eigenvalue weighted by atomic mass is 32.2. The van der Waals surface area contributed by atoms with Gasteiger partial charge in [0.15, 0.2) is 0 Å². The van der Waals surface area contributed by atoms with Crippen molar-refractivity contribution >= 4 is 23.7 Å². The molecule has 2 N–H and O–H groups in total. The van der Waals surface area contributed by atoms with E-state index in [9.17, 15) is 0 Å². The van der Waals surface area contributed by atoms with Crippen molar-refractivity contribution in [1.82, 2.24) is 19.9 Å². The molecule has 0 saturated heterocycles. The van der Waals surface area contributed by atoms with Crippen LogP contribution in [0.4, 0.5) is 11.9 Å². The van der Waals surface area contributed by atoms with Gasteiger partial charge < -0.3 is 10.6 Å². The van der Waals surface area contributed by atoms with Crippen molar-refractivity contribution in [3.63, 3.8) is 0 Å². The van der Waals surface area contributed by atoms with Gasteiger partial charge in [0.05, 0.1) is 10.3 Å². The van der Waals surface area contributed by atoms with Gasteiger partial charge in [-0.15, -0.1) is 0 Å². The third kappa shape index (κ3) is 3.54. The molecule has 0 saturated carbocycles. The molecule has 7 heteroatoms. The molecule has 0 fully saturated rings. The van der Waals surface area contributed by atoms with E-state index in [1.165, 1.54) is 0 Å². The van der Waals surface area contributed by atoms with Crippen molar-refractivity contribution in [3.8, 4) is 0 Å². The van der Waals surface area contributed by atoms with Crippen LogP contribution in [0.25, 0.3) is 0 Å². The first-order valence-corrected chi connectivity index (χ1v) is 6.70. The molecule has 2 aromatic rings. The Morgan fingerprint density at radius 3 is 2.63 bits per heavy atom. The third-order valence-corrected chi connectivity index (χ3v) is 3.40. The van der Waals surface area contributed by atoms with Gasteiger partial charge in [0, 0.05) is 20.3 Å². The fourth-order valence-electron chi connectivity index (χ4n) is 1.43. The lowest BCUT2D eigenvalue weighted by Crippen LogP contribution is -2.16. The average molecular weight is 276 g/mol. The van der Waals surface area contributed by atoms with E-state index in [1.807, 2.05) is 39.2 Å². The molecule has 1 atom stereocenters. The summed E-state index contributed by atoms with van der Waals surface area (Å²) >= 11 is 1.59. The van der Waals surface area contributed by atoms with Crippen LogP contribution in [0.15, 0.2) is 29.4 Å². The van der Waals surface area contributed by atoms with Gasteiger partial charge in [-0.1, -0.05) is 17.8 Å². The minimum absolute atomic E-state index is 0.0545. The van der Waals surface area contributed by atoms with E-state index in [2.05, 4.69) is 19.9 Å². The summed E-state index contributed by atoms with van der Waals surface area (Å²) in [6, 6.07) is 5.80. The van der Waals surface area contributed by atoms with Crippen LogP contribution in [0.2, 0.25) is 0 Å². The molecule has 6 nitrogen and oxygen atoms in total.